The van der Waals surface area contributed by atoms with Crippen molar-refractivity contribution < 1.29 is 76.5 Å². The maximum atomic E-state index is 16.0. The van der Waals surface area contributed by atoms with Gasteiger partial charge in [0, 0.05) is 119 Å². The minimum Gasteiger partial charge on any atom is -0.460 e. The van der Waals surface area contributed by atoms with E-state index >= 15 is 28.8 Å². The number of ketones is 2. The highest BCUT2D eigenvalue weighted by molar-refractivity contribution is 8.00. The summed E-state index contributed by atoms with van der Waals surface area (Å²) in [6, 6.07) is 7.15. The van der Waals surface area contributed by atoms with Gasteiger partial charge in [-0.1, -0.05) is 93.1 Å². The molecule has 8 amide bonds. The standard InChI is InChI=1S/C78H103N11O16S2/c1-10-61-47(4)21-26-64(93)79-31-15-17-46(3)37-54(90)39-55(91)40-66-80-56(44-103-66)72(97)88-35-29-62(69(88)76(101)105-61)106-36-30-65(94)81-67-48(5)104-75(100)68(51-18-13-12-14-19-51)82-70(95)58-41-60(92)52(45-107-63-43-86-33-27-50(63)28-34-86)42-89(58)74(99)59(38-49-22-24-53(25-23-49)84(7)8)85(9)73(98)57-20-16-32-87(57)77(102)78(6,11-2)83-71(67)96/h12-15,17-19,21-26,37,44,47-48,50,52,54,57-59,61-63,67-69,90H,10-11,16,20,27-36,38-43,45H2,1-9H3,(H,79,93)(H,81,94)(H,82,95)(H,83,96)/b17-15+,26-21+,46-37+/t47-,48-,52+,54-,57+,58+,59+,61-,62?,63?,67+,68+,69?,78?/m1/s1. The van der Waals surface area contributed by atoms with Gasteiger partial charge < -0.3 is 69.7 Å². The summed E-state index contributed by atoms with van der Waals surface area (Å²) < 4.78 is 18.0. The van der Waals surface area contributed by atoms with Crippen LogP contribution in [-0.2, 0) is 75.1 Å². The van der Waals surface area contributed by atoms with Crippen LogP contribution >= 0.6 is 23.5 Å². The first kappa shape index (κ1) is 80.9. The van der Waals surface area contributed by atoms with Crippen LogP contribution in [0.3, 0.4) is 0 Å². The fourth-order valence-electron chi connectivity index (χ4n) is 15.3. The molecule has 0 saturated carbocycles. The number of aliphatic hydroxyl groups is 1. The molecule has 8 aliphatic heterocycles. The zero-order chi connectivity index (χ0) is 77.0. The first-order chi connectivity index (χ1) is 51.1. The van der Waals surface area contributed by atoms with Crippen molar-refractivity contribution >= 4 is 100.0 Å². The summed E-state index contributed by atoms with van der Waals surface area (Å²) in [6.07, 6.45) is 7.31. The number of Topliss-reactive ketones (excluding diaryl/α,β-unsaturated/α-hetero) is 2. The highest BCUT2D eigenvalue weighted by Crippen LogP contribution is 2.39. The fourth-order valence-corrected chi connectivity index (χ4v) is 18.2. The van der Waals surface area contributed by atoms with E-state index in [1.165, 1.54) is 64.4 Å². The Morgan fingerprint density at radius 2 is 1.54 bits per heavy atom. The number of ether oxygens (including phenoxy) is 2. The summed E-state index contributed by atoms with van der Waals surface area (Å²) in [5, 5.41) is 21.5. The minimum atomic E-state index is -1.76. The normalized spacial score (nSPS) is 31.8. The van der Waals surface area contributed by atoms with E-state index in [1.807, 2.05) is 50.2 Å². The van der Waals surface area contributed by atoms with Crippen molar-refractivity contribution in [3.05, 3.63) is 120 Å². The third kappa shape index (κ3) is 20.0. The largest absolute Gasteiger partial charge is 0.460 e. The fraction of sp³-hybridized carbons (Fsp3) is 0.577. The number of carbonyl (C=O) groups is 12. The van der Waals surface area contributed by atoms with Crippen LogP contribution in [0.4, 0.5) is 5.69 Å². The van der Waals surface area contributed by atoms with Crippen molar-refractivity contribution in [2.24, 2.45) is 17.8 Å². The smallest absolute Gasteiger partial charge is 0.333 e. The molecule has 7 fully saturated rings. The molecule has 27 nitrogen and oxygen atoms in total. The number of fused-ring (bicyclic) bond motifs is 8. The summed E-state index contributed by atoms with van der Waals surface area (Å²) in [5.41, 5.74) is 0.506. The van der Waals surface area contributed by atoms with Gasteiger partial charge in [0.2, 0.25) is 47.2 Å². The maximum Gasteiger partial charge on any atom is 0.333 e. The molecule has 0 radical (unpaired) electrons. The number of benzene rings is 2. The molecule has 4 bridgehead atoms. The van der Waals surface area contributed by atoms with Crippen LogP contribution in [0.1, 0.15) is 139 Å². The van der Waals surface area contributed by atoms with Gasteiger partial charge in [-0.25, -0.2) is 14.6 Å². The first-order valence-corrected chi connectivity index (χ1v) is 39.5. The third-order valence-electron chi connectivity index (χ3n) is 21.8. The van der Waals surface area contributed by atoms with E-state index in [1.54, 1.807) is 81.1 Å². The van der Waals surface area contributed by atoms with E-state index in [4.69, 9.17) is 13.9 Å². The molecule has 8 aliphatic rings. The third-order valence-corrected chi connectivity index (χ3v) is 24.7. The number of nitrogens with zero attached hydrogens (tertiary/aromatic N) is 7. The molecule has 9 heterocycles. The Kier molecular flexibility index (Phi) is 27.6. The minimum absolute atomic E-state index is 0.0135. The van der Waals surface area contributed by atoms with Gasteiger partial charge in [0.1, 0.15) is 65.8 Å². The summed E-state index contributed by atoms with van der Waals surface area (Å²) in [5.74, 6) is -8.38. The predicted molar refractivity (Wildman–Crippen MR) is 402 cm³/mol. The highest BCUT2D eigenvalue weighted by Gasteiger charge is 2.51. The van der Waals surface area contributed by atoms with Crippen LogP contribution in [-0.4, -0.2) is 248 Å². The van der Waals surface area contributed by atoms with Crippen LogP contribution in [0.5, 0.6) is 0 Å². The Hall–Kier alpha value is -8.67. The molecule has 14 atom stereocenters. The maximum absolute atomic E-state index is 16.0. The van der Waals surface area contributed by atoms with Crippen LogP contribution in [0, 0.1) is 17.8 Å². The van der Waals surface area contributed by atoms with Crippen molar-refractivity contribution in [1.82, 2.24) is 50.8 Å². The van der Waals surface area contributed by atoms with Crippen molar-refractivity contribution in [2.45, 2.75) is 189 Å². The molecule has 7 saturated heterocycles. The van der Waals surface area contributed by atoms with E-state index in [2.05, 4.69) is 31.2 Å². The number of rotatable bonds is 14. The topological polar surface area (TPSA) is 337 Å². The number of cyclic esters (lactones) is 2. The number of aromatic nitrogens is 1. The summed E-state index contributed by atoms with van der Waals surface area (Å²) in [6.45, 7) is 12.9. The van der Waals surface area contributed by atoms with Crippen LogP contribution in [0.15, 0.2) is 101 Å². The van der Waals surface area contributed by atoms with Gasteiger partial charge in [-0.2, -0.15) is 23.5 Å². The van der Waals surface area contributed by atoms with E-state index in [-0.39, 0.29) is 105 Å². The Balaban J connectivity index is 0.931. The molecular weight excluding hydrogens is 1410 g/mol. The Morgan fingerprint density at radius 3 is 2.23 bits per heavy atom. The van der Waals surface area contributed by atoms with Gasteiger partial charge in [-0.05, 0) is 114 Å². The lowest BCUT2D eigenvalue weighted by molar-refractivity contribution is -0.158. The summed E-state index contributed by atoms with van der Waals surface area (Å²) >= 11 is 2.89. The Bertz CT molecular complexity index is 3860. The Morgan fingerprint density at radius 1 is 0.804 bits per heavy atom. The number of hydrogen-bond donors (Lipinski definition) is 5. The number of thioether (sulfide) groups is 2. The SMILES string of the molecule is CC[C@H]1OC(=O)C2C(SCCC(=O)N[C@@H]3C(=O)NC(C)(CC)C(=O)N4CCC[C@H]4C(=O)N(C)[C@@H](Cc4ccc(N(C)C)cc4)C(=O)N4C[C@@H](CSC5CN6CCC5CC6)C(=O)C[C@H]4C(=O)N[C@@H](c4ccccc4)C(=O)O[C@@H]3C)CCN2C(=O)c2coc(n2)CC(=O)C[C@H](O)/C=C(C)/C=C/CNC(=O)/C=C/[C@H]1C. The van der Waals surface area contributed by atoms with Gasteiger partial charge in [-0.15, -0.1) is 0 Å². The molecular formula is C78H103N11O16S2. The number of esters is 2. The van der Waals surface area contributed by atoms with Crippen LogP contribution in [0.2, 0.25) is 0 Å². The van der Waals surface area contributed by atoms with Gasteiger partial charge in [0.05, 0.1) is 12.5 Å². The molecule has 107 heavy (non-hydrogen) atoms. The number of hydrogen-bond acceptors (Lipinski definition) is 21. The van der Waals surface area contributed by atoms with Gasteiger partial charge in [0.25, 0.3) is 5.91 Å². The predicted octanol–water partition coefficient (Wildman–Crippen LogP) is 4.70. The number of likely N-dealkylation sites (N-methyl/N-ethyl adjacent to an activating group) is 1. The highest BCUT2D eigenvalue weighted by atomic mass is 32.2. The average molecular weight is 1510 g/mol. The van der Waals surface area contributed by atoms with Gasteiger partial charge >= 0.3 is 11.9 Å². The molecule has 5 N–H and O–H groups in total. The van der Waals surface area contributed by atoms with Crippen molar-refractivity contribution in [2.75, 3.05) is 83.4 Å². The van der Waals surface area contributed by atoms with Crippen molar-refractivity contribution in [3.63, 3.8) is 0 Å². The number of carbonyl (C=O) groups excluding carboxylic acids is 12. The van der Waals surface area contributed by atoms with E-state index in [0.29, 0.717) is 35.6 Å². The zero-order valence-corrected chi connectivity index (χ0v) is 64.2. The van der Waals surface area contributed by atoms with Crippen LogP contribution < -0.4 is 26.2 Å². The molecule has 11 rings (SSSR count). The van der Waals surface area contributed by atoms with Crippen molar-refractivity contribution in [1.29, 1.82) is 0 Å². The lowest BCUT2D eigenvalue weighted by Gasteiger charge is -2.45. The molecule has 1 aromatic heterocycles. The van der Waals surface area contributed by atoms with Crippen LogP contribution in [0.25, 0.3) is 0 Å². The molecule has 578 valence electrons. The number of piperidine rings is 4. The lowest BCUT2D eigenvalue weighted by atomic mass is 9.88. The second kappa shape index (κ2) is 36.5. The molecule has 0 spiro atoms. The molecule has 0 aliphatic carbocycles. The summed E-state index contributed by atoms with van der Waals surface area (Å²) in [7, 11) is 5.30. The van der Waals surface area contributed by atoms with E-state index < -0.39 is 149 Å². The number of anilines is 1. The van der Waals surface area contributed by atoms with Crippen molar-refractivity contribution in [3.8, 4) is 0 Å². The molecule has 4 unspecified atom stereocenters. The number of nitrogens with one attached hydrogen (secondary N) is 4. The molecule has 29 heteroatoms. The number of aliphatic hydroxyl groups excluding tert-OH is 1. The van der Waals surface area contributed by atoms with E-state index in [9.17, 15) is 33.9 Å². The second-order valence-electron chi connectivity index (χ2n) is 29.6. The number of amides is 8. The molecule has 2 aromatic carbocycles. The van der Waals surface area contributed by atoms with Gasteiger partial charge in [-0.3, -0.25) is 47.9 Å². The first-order valence-electron chi connectivity index (χ1n) is 37.4. The zero-order valence-electron chi connectivity index (χ0n) is 62.6. The average Bonchev–Trinajstić information content (AvgIpc) is 1.20. The van der Waals surface area contributed by atoms with E-state index in [0.717, 1.165) is 44.4 Å². The Labute approximate surface area is 633 Å². The second-order valence-corrected chi connectivity index (χ2v) is 32.3. The summed E-state index contributed by atoms with van der Waals surface area (Å²) in [4.78, 5) is 191. The number of oxazole rings is 1. The van der Waals surface area contributed by atoms with Gasteiger partial charge in [0.15, 0.2) is 11.7 Å². The monoisotopic (exact) mass is 1510 g/mol. The number of allylic oxidation sites excluding steroid dienone is 2. The quantitative estimate of drug-likeness (QED) is 0.137. The molecule has 3 aromatic rings. The lowest BCUT2D eigenvalue weighted by Crippen LogP contribution is -2.65.